The van der Waals surface area contributed by atoms with Crippen LogP contribution in [0.1, 0.15) is 0 Å². The van der Waals surface area contributed by atoms with Gasteiger partial charge in [-0.05, 0) is 0 Å². The van der Waals surface area contributed by atoms with Gasteiger partial charge in [-0.3, -0.25) is 0 Å². The van der Waals surface area contributed by atoms with Gasteiger partial charge in [-0.1, -0.05) is 0 Å². The first kappa shape index (κ1) is 13.4. The van der Waals surface area contributed by atoms with Gasteiger partial charge >= 0.3 is 144 Å². The molecule has 0 atom stereocenters. The molecule has 0 spiro atoms. The summed E-state index contributed by atoms with van der Waals surface area (Å²) in [7, 11) is 4.39. The van der Waals surface area contributed by atoms with E-state index >= 15 is 0 Å². The van der Waals surface area contributed by atoms with Crippen LogP contribution in [0, 0.1) is 10.6 Å². The molecule has 1 aliphatic rings. The quantitative estimate of drug-likeness (QED) is 0.347. The van der Waals surface area contributed by atoms with Crippen molar-refractivity contribution in [2.75, 3.05) is 0 Å². The standard InChI is InChI=1S/C20H16IN2/c1-22-17-10-6-4-8-14(17)19-18(22)12-21-11-15-13-7-3-5-9-16(13)23(2)20(15)19/h3-12H,1-2H3/q-1. The molecule has 0 saturated carbocycles. The van der Waals surface area contributed by atoms with E-state index < -0.39 is 0 Å². The summed E-state index contributed by atoms with van der Waals surface area (Å²) in [6, 6.07) is 17.5. The Kier molecular flexibility index (Phi) is 2.77. The molecule has 0 unspecified atom stereocenters. The normalized spacial score (nSPS) is 13.7. The second kappa shape index (κ2) is 4.74. The predicted molar refractivity (Wildman–Crippen MR) is 91.7 cm³/mol. The Balaban J connectivity index is 2.30. The van der Waals surface area contributed by atoms with Gasteiger partial charge in [0.25, 0.3) is 0 Å². The molecule has 0 fully saturated rings. The van der Waals surface area contributed by atoms with Crippen LogP contribution in [0.5, 0.6) is 0 Å². The van der Waals surface area contributed by atoms with Crippen molar-refractivity contribution in [3.05, 3.63) is 69.7 Å². The van der Waals surface area contributed by atoms with Gasteiger partial charge in [-0.15, -0.1) is 0 Å². The summed E-state index contributed by atoms with van der Waals surface area (Å²) in [5, 5.41) is 8.28. The monoisotopic (exact) mass is 411 g/mol. The van der Waals surface area contributed by atoms with E-state index in [2.05, 4.69) is 79.9 Å². The number of hydrogen-bond acceptors (Lipinski definition) is 0. The van der Waals surface area contributed by atoms with Crippen molar-refractivity contribution in [3.8, 4) is 0 Å². The van der Waals surface area contributed by atoms with Crippen LogP contribution in [0.3, 0.4) is 0 Å². The van der Waals surface area contributed by atoms with Crippen LogP contribution < -0.4 is 31.8 Å². The van der Waals surface area contributed by atoms with Crippen molar-refractivity contribution in [2.45, 2.75) is 0 Å². The Hall–Kier alpha value is -2.01. The number of fused-ring (bicyclic) bond motifs is 6. The zero-order valence-electron chi connectivity index (χ0n) is 13.0. The Morgan fingerprint density at radius 1 is 0.739 bits per heavy atom. The second-order valence-electron chi connectivity index (χ2n) is 6.02. The van der Waals surface area contributed by atoms with E-state index in [9.17, 15) is 0 Å². The summed E-state index contributed by atoms with van der Waals surface area (Å²) >= 11 is -0.0910. The molecule has 0 amide bonds. The minimum atomic E-state index is -0.0910. The first-order chi connectivity index (χ1) is 11.3. The molecule has 2 aromatic heterocycles. The van der Waals surface area contributed by atoms with Crippen LogP contribution in [0.15, 0.2) is 48.5 Å². The second-order valence-corrected chi connectivity index (χ2v) is 7.98. The van der Waals surface area contributed by atoms with Gasteiger partial charge in [0.15, 0.2) is 0 Å². The van der Waals surface area contributed by atoms with E-state index in [1.807, 2.05) is 0 Å². The van der Waals surface area contributed by atoms with E-state index in [0.29, 0.717) is 0 Å². The van der Waals surface area contributed by atoms with Gasteiger partial charge in [-0.2, -0.15) is 0 Å². The van der Waals surface area contributed by atoms with E-state index in [4.69, 9.17) is 0 Å². The fourth-order valence-corrected chi connectivity index (χ4v) is 6.02. The molecular formula is C20H16IN2-. The summed E-state index contributed by atoms with van der Waals surface area (Å²) in [6.07, 6.45) is 0. The molecule has 0 aliphatic carbocycles. The summed E-state index contributed by atoms with van der Waals surface area (Å²) in [6.45, 7) is 0. The number of aromatic nitrogens is 2. The zero-order chi connectivity index (χ0) is 15.6. The summed E-state index contributed by atoms with van der Waals surface area (Å²) in [5.74, 6) is 0. The first-order valence-electron chi connectivity index (χ1n) is 7.71. The van der Waals surface area contributed by atoms with E-state index in [0.717, 1.165) is 0 Å². The molecular weight excluding hydrogens is 395 g/mol. The molecule has 2 nitrogen and oxygen atoms in total. The molecule has 23 heavy (non-hydrogen) atoms. The third-order valence-electron chi connectivity index (χ3n) is 4.87. The van der Waals surface area contributed by atoms with Crippen LogP contribution >= 0.6 is 0 Å². The average molecular weight is 411 g/mol. The van der Waals surface area contributed by atoms with E-state index in [1.54, 1.807) is 0 Å². The molecule has 3 heteroatoms. The van der Waals surface area contributed by atoms with E-state index in [1.165, 1.54) is 42.9 Å². The Morgan fingerprint density at radius 3 is 2.17 bits per heavy atom. The number of benzene rings is 2. The Labute approximate surface area is 143 Å². The topological polar surface area (TPSA) is 9.86 Å². The number of nitrogens with zero attached hydrogens (tertiary/aromatic N) is 2. The van der Waals surface area contributed by atoms with Crippen LogP contribution in [0.2, 0.25) is 0 Å². The number of halogens is 1. The van der Waals surface area contributed by atoms with Crippen molar-refractivity contribution in [3.63, 3.8) is 0 Å². The van der Waals surface area contributed by atoms with Crippen molar-refractivity contribution in [2.24, 2.45) is 14.1 Å². The van der Waals surface area contributed by atoms with Crippen molar-refractivity contribution in [1.29, 1.82) is 0 Å². The van der Waals surface area contributed by atoms with Gasteiger partial charge in [0.2, 0.25) is 0 Å². The molecule has 0 saturated heterocycles. The van der Waals surface area contributed by atoms with Crippen LogP contribution in [-0.4, -0.2) is 9.13 Å². The fourth-order valence-electron chi connectivity index (χ4n) is 3.78. The van der Waals surface area contributed by atoms with Gasteiger partial charge < -0.3 is 0 Å². The van der Waals surface area contributed by atoms with Crippen molar-refractivity contribution >= 4 is 30.0 Å². The molecule has 4 aromatic rings. The van der Waals surface area contributed by atoms with E-state index in [-0.39, 0.29) is 21.2 Å². The molecule has 114 valence electrons. The molecule has 5 rings (SSSR count). The van der Waals surface area contributed by atoms with Gasteiger partial charge in [0.05, 0.1) is 0 Å². The van der Waals surface area contributed by atoms with Gasteiger partial charge in [0, 0.05) is 0 Å². The average Bonchev–Trinajstić information content (AvgIpc) is 2.92. The maximum atomic E-state index is 2.48. The van der Waals surface area contributed by atoms with Crippen molar-refractivity contribution in [1.82, 2.24) is 9.13 Å². The molecule has 0 N–H and O–H groups in total. The molecule has 2 aromatic carbocycles. The van der Waals surface area contributed by atoms with Crippen LogP contribution in [0.4, 0.5) is 0 Å². The summed E-state index contributed by atoms with van der Waals surface area (Å²) in [4.78, 5) is 0. The predicted octanol–water partition coefficient (Wildman–Crippen LogP) is -0.464. The van der Waals surface area contributed by atoms with Crippen molar-refractivity contribution < 1.29 is 21.2 Å². The zero-order valence-corrected chi connectivity index (χ0v) is 15.2. The third-order valence-corrected chi connectivity index (χ3v) is 6.81. The molecule has 1 aliphatic heterocycles. The number of hydrogen-bond donors (Lipinski definition) is 0. The summed E-state index contributed by atoms with van der Waals surface area (Å²) in [5.41, 5.74) is 2.63. The Morgan fingerprint density at radius 2 is 1.39 bits per heavy atom. The Bertz CT molecular complexity index is 1310. The number of aryl methyl sites for hydroxylation is 2. The molecule has 3 heterocycles. The van der Waals surface area contributed by atoms with Gasteiger partial charge in [0.1, 0.15) is 0 Å². The number of para-hydroxylation sites is 2. The van der Waals surface area contributed by atoms with Gasteiger partial charge in [-0.25, -0.2) is 0 Å². The molecule has 0 bridgehead atoms. The minimum absolute atomic E-state index is 0.0910. The molecule has 0 radical (unpaired) electrons. The summed E-state index contributed by atoms with van der Waals surface area (Å²) < 4.78 is 9.66. The fraction of sp³-hybridized carbons (Fsp3) is 0.100. The first-order valence-corrected chi connectivity index (χ1v) is 10.2. The number of rotatable bonds is 0. The SMILES string of the molecule is Cn1c2c(c3ccccc31)=c1c(c3ccccc3n1C)=C[I-]C=2. The maximum absolute atomic E-state index is 2.48. The van der Waals surface area contributed by atoms with Crippen LogP contribution in [-0.2, 0) is 14.1 Å². The third kappa shape index (κ3) is 1.68. The van der Waals surface area contributed by atoms with Crippen LogP contribution in [0.25, 0.3) is 30.0 Å².